The van der Waals surface area contributed by atoms with Gasteiger partial charge in [-0.05, 0) is 35.4 Å². The molecule has 172 valence electrons. The van der Waals surface area contributed by atoms with Gasteiger partial charge in [-0.25, -0.2) is 9.59 Å². The first kappa shape index (κ1) is 24.1. The van der Waals surface area contributed by atoms with Crippen LogP contribution in [0.15, 0.2) is 109 Å². The molecule has 0 saturated carbocycles. The molecule has 6 heteroatoms. The molecule has 0 atom stereocenters. The van der Waals surface area contributed by atoms with E-state index in [9.17, 15) is 14.7 Å². The Labute approximate surface area is 197 Å². The fourth-order valence-electron chi connectivity index (χ4n) is 2.95. The van der Waals surface area contributed by atoms with Crippen molar-refractivity contribution in [2.24, 2.45) is 0 Å². The van der Waals surface area contributed by atoms with Gasteiger partial charge in [-0.1, -0.05) is 84.9 Å². The number of carbonyl (C=O) groups is 2. The highest BCUT2D eigenvalue weighted by Crippen LogP contribution is 2.19. The Kier molecular flexibility index (Phi) is 8.82. The van der Waals surface area contributed by atoms with Crippen molar-refractivity contribution in [3.05, 3.63) is 131 Å². The zero-order chi connectivity index (χ0) is 24.2. The molecule has 0 unspecified atom stereocenters. The van der Waals surface area contributed by atoms with Crippen molar-refractivity contribution in [1.82, 2.24) is 0 Å². The van der Waals surface area contributed by atoms with Crippen LogP contribution in [0.1, 0.15) is 31.8 Å². The van der Waals surface area contributed by atoms with Crippen molar-refractivity contribution in [3.8, 4) is 11.5 Å². The van der Waals surface area contributed by atoms with Crippen molar-refractivity contribution >= 4 is 11.9 Å². The average molecular weight is 456 g/mol. The summed E-state index contributed by atoms with van der Waals surface area (Å²) in [5.41, 5.74) is 2.29. The Morgan fingerprint density at radius 1 is 0.618 bits per heavy atom. The van der Waals surface area contributed by atoms with E-state index in [1.807, 2.05) is 60.7 Å². The lowest BCUT2D eigenvalue weighted by atomic mass is 10.2. The fourth-order valence-corrected chi connectivity index (χ4v) is 2.95. The molecule has 0 amide bonds. The highest BCUT2D eigenvalue weighted by atomic mass is 16.5. The van der Waals surface area contributed by atoms with Crippen LogP contribution in [-0.2, 0) is 18.0 Å². The standard InChI is InChI=1S/2C14H12O3/c15-14(16)12-8-4-5-9-13(12)17-10-11-6-2-1-3-7-11;15-13-9-5-4-8-12(13)14(16)17-10-11-6-2-1-3-7-11/h1-9H,10H2,(H,15,16);1-9,15H,10H2. The van der Waals surface area contributed by atoms with Gasteiger partial charge in [0.1, 0.15) is 35.8 Å². The van der Waals surface area contributed by atoms with Gasteiger partial charge in [0.25, 0.3) is 0 Å². The van der Waals surface area contributed by atoms with E-state index in [1.54, 1.807) is 30.3 Å². The first-order valence-corrected chi connectivity index (χ1v) is 10.5. The molecule has 0 aromatic heterocycles. The lowest BCUT2D eigenvalue weighted by molar-refractivity contribution is 0.0469. The number of phenolic OH excluding ortho intramolecular Hbond substituents is 1. The number of rotatable bonds is 7. The third kappa shape index (κ3) is 7.24. The normalized spacial score (nSPS) is 9.88. The van der Waals surface area contributed by atoms with Crippen LogP contribution in [-0.4, -0.2) is 22.2 Å². The third-order valence-electron chi connectivity index (χ3n) is 4.69. The predicted molar refractivity (Wildman–Crippen MR) is 128 cm³/mol. The Morgan fingerprint density at radius 3 is 1.71 bits per heavy atom. The van der Waals surface area contributed by atoms with Crippen molar-refractivity contribution in [1.29, 1.82) is 0 Å². The van der Waals surface area contributed by atoms with Crippen molar-refractivity contribution in [2.45, 2.75) is 13.2 Å². The Hall–Kier alpha value is -4.58. The minimum atomic E-state index is -0.978. The summed E-state index contributed by atoms with van der Waals surface area (Å²) in [4.78, 5) is 22.6. The van der Waals surface area contributed by atoms with Crippen molar-refractivity contribution in [2.75, 3.05) is 0 Å². The van der Waals surface area contributed by atoms with Gasteiger partial charge in [0.05, 0.1) is 0 Å². The molecule has 0 aliphatic rings. The molecule has 34 heavy (non-hydrogen) atoms. The molecule has 0 bridgehead atoms. The molecule has 0 fully saturated rings. The fraction of sp³-hybridized carbons (Fsp3) is 0.0714. The Bertz CT molecular complexity index is 1210. The zero-order valence-electron chi connectivity index (χ0n) is 18.3. The number of aromatic carboxylic acids is 1. The van der Waals surface area contributed by atoms with Gasteiger partial charge in [-0.2, -0.15) is 0 Å². The molecule has 0 aliphatic carbocycles. The summed E-state index contributed by atoms with van der Waals surface area (Å²) in [5, 5.41) is 18.5. The number of carboxylic acid groups (broad SMARTS) is 1. The number of aromatic hydroxyl groups is 1. The molecule has 0 radical (unpaired) electrons. The molecule has 0 saturated heterocycles. The van der Waals surface area contributed by atoms with E-state index in [0.717, 1.165) is 11.1 Å². The number of carboxylic acids is 1. The predicted octanol–water partition coefficient (Wildman–Crippen LogP) is 5.71. The van der Waals surface area contributed by atoms with Gasteiger partial charge < -0.3 is 19.7 Å². The summed E-state index contributed by atoms with van der Waals surface area (Å²) in [6.45, 7) is 0.569. The maximum absolute atomic E-state index is 11.7. The number of benzene rings is 4. The summed E-state index contributed by atoms with van der Waals surface area (Å²) in [7, 11) is 0. The van der Waals surface area contributed by atoms with E-state index in [0.29, 0.717) is 12.4 Å². The van der Waals surface area contributed by atoms with Crippen LogP contribution in [0.25, 0.3) is 0 Å². The first-order valence-electron chi connectivity index (χ1n) is 10.5. The smallest absolute Gasteiger partial charge is 0.342 e. The number of para-hydroxylation sites is 2. The number of hydrogen-bond donors (Lipinski definition) is 2. The Balaban J connectivity index is 0.000000191. The zero-order valence-corrected chi connectivity index (χ0v) is 18.3. The number of ether oxygens (including phenoxy) is 2. The van der Waals surface area contributed by atoms with Gasteiger partial charge in [0, 0.05) is 0 Å². The summed E-state index contributed by atoms with van der Waals surface area (Å²) >= 11 is 0. The second-order valence-corrected chi connectivity index (χ2v) is 7.15. The van der Waals surface area contributed by atoms with Gasteiger partial charge in [0.15, 0.2) is 0 Å². The van der Waals surface area contributed by atoms with Crippen molar-refractivity contribution < 1.29 is 29.3 Å². The molecule has 0 aliphatic heterocycles. The van der Waals surface area contributed by atoms with E-state index in [4.69, 9.17) is 14.6 Å². The van der Waals surface area contributed by atoms with E-state index >= 15 is 0 Å². The van der Waals surface area contributed by atoms with Gasteiger partial charge >= 0.3 is 11.9 Å². The molecule has 2 N–H and O–H groups in total. The van der Waals surface area contributed by atoms with E-state index in [2.05, 4.69) is 0 Å². The number of phenols is 1. The van der Waals surface area contributed by atoms with Crippen LogP contribution in [0.5, 0.6) is 11.5 Å². The minimum absolute atomic E-state index is 0.0643. The maximum atomic E-state index is 11.7. The van der Waals surface area contributed by atoms with Gasteiger partial charge in [-0.15, -0.1) is 0 Å². The maximum Gasteiger partial charge on any atom is 0.342 e. The topological polar surface area (TPSA) is 93.1 Å². The molecule has 0 heterocycles. The lowest BCUT2D eigenvalue weighted by Crippen LogP contribution is -2.05. The highest BCUT2D eigenvalue weighted by molar-refractivity contribution is 5.92. The van der Waals surface area contributed by atoms with Crippen LogP contribution in [0.4, 0.5) is 0 Å². The first-order chi connectivity index (χ1) is 16.5. The van der Waals surface area contributed by atoms with Crippen LogP contribution in [0.2, 0.25) is 0 Å². The van der Waals surface area contributed by atoms with Gasteiger partial charge in [-0.3, -0.25) is 0 Å². The van der Waals surface area contributed by atoms with Crippen LogP contribution < -0.4 is 4.74 Å². The van der Waals surface area contributed by atoms with E-state index in [-0.39, 0.29) is 23.5 Å². The van der Waals surface area contributed by atoms with Crippen LogP contribution >= 0.6 is 0 Å². The molecule has 4 aromatic carbocycles. The third-order valence-corrected chi connectivity index (χ3v) is 4.69. The van der Waals surface area contributed by atoms with E-state index in [1.165, 1.54) is 18.2 Å². The second-order valence-electron chi connectivity index (χ2n) is 7.15. The number of carbonyl (C=O) groups excluding carboxylic acids is 1. The molecule has 4 aromatic rings. The number of hydrogen-bond acceptors (Lipinski definition) is 5. The van der Waals surface area contributed by atoms with E-state index < -0.39 is 11.9 Å². The summed E-state index contributed by atoms with van der Waals surface area (Å²) in [6.07, 6.45) is 0. The molecule has 6 nitrogen and oxygen atoms in total. The quantitative estimate of drug-likeness (QED) is 0.346. The second kappa shape index (κ2) is 12.5. The largest absolute Gasteiger partial charge is 0.507 e. The molecule has 0 spiro atoms. The average Bonchev–Trinajstić information content (AvgIpc) is 2.88. The molecular formula is C28H24O6. The van der Waals surface area contributed by atoms with Crippen LogP contribution in [0.3, 0.4) is 0 Å². The Morgan fingerprint density at radius 2 is 1.12 bits per heavy atom. The minimum Gasteiger partial charge on any atom is -0.507 e. The van der Waals surface area contributed by atoms with Gasteiger partial charge in [0.2, 0.25) is 0 Å². The monoisotopic (exact) mass is 456 g/mol. The lowest BCUT2D eigenvalue weighted by Gasteiger charge is -2.08. The summed E-state index contributed by atoms with van der Waals surface area (Å²) in [5.74, 6) is -1.17. The molecular weight excluding hydrogens is 432 g/mol. The van der Waals surface area contributed by atoms with Crippen molar-refractivity contribution in [3.63, 3.8) is 0 Å². The molecule has 4 rings (SSSR count). The number of esters is 1. The summed E-state index contributed by atoms with van der Waals surface area (Å²) in [6, 6.07) is 32.0. The SMILES string of the molecule is O=C(O)c1ccccc1OCc1ccccc1.O=C(OCc1ccccc1)c1ccccc1O. The highest BCUT2D eigenvalue weighted by Gasteiger charge is 2.11. The summed E-state index contributed by atoms with van der Waals surface area (Å²) < 4.78 is 10.6. The van der Waals surface area contributed by atoms with Crippen LogP contribution in [0, 0.1) is 0 Å².